The fourth-order valence-corrected chi connectivity index (χ4v) is 6.12. The minimum Gasteiger partial charge on any atom is -0.379 e. The molecule has 1 rings (SSSR count). The van der Waals surface area contributed by atoms with Gasteiger partial charge in [-0.15, -0.1) is 0 Å². The third-order valence-corrected chi connectivity index (χ3v) is 8.62. The molecule has 0 aliphatic carbocycles. The second-order valence-electron chi connectivity index (χ2n) is 11.0. The van der Waals surface area contributed by atoms with Crippen LogP contribution >= 0.6 is 8.53 Å². The molecule has 0 saturated carbocycles. The minimum absolute atomic E-state index is 0.0720. The van der Waals surface area contributed by atoms with Crippen molar-refractivity contribution in [2.45, 2.75) is 143 Å². The van der Waals surface area contributed by atoms with E-state index in [0.717, 1.165) is 31.6 Å². The molecule has 0 heterocycles. The third-order valence-electron chi connectivity index (χ3n) is 6.60. The average molecular weight is 554 g/mol. The van der Waals surface area contributed by atoms with E-state index < -0.39 is 8.53 Å². The Labute approximate surface area is 237 Å². The molecule has 0 aliphatic rings. The molecule has 0 saturated heterocycles. The van der Waals surface area contributed by atoms with Crippen molar-refractivity contribution in [1.29, 1.82) is 0 Å². The molecule has 6 heteroatoms. The van der Waals surface area contributed by atoms with Crippen LogP contribution in [0, 0.1) is 0 Å². The van der Waals surface area contributed by atoms with Crippen molar-refractivity contribution in [3.05, 3.63) is 35.9 Å². The van der Waals surface area contributed by atoms with E-state index in [4.69, 9.17) is 18.5 Å². The van der Waals surface area contributed by atoms with E-state index in [-0.39, 0.29) is 6.10 Å². The highest BCUT2D eigenvalue weighted by molar-refractivity contribution is 7.44. The van der Waals surface area contributed by atoms with Gasteiger partial charge in [-0.1, -0.05) is 108 Å². The first-order valence-corrected chi connectivity index (χ1v) is 16.7. The number of ether oxygens (including phenoxy) is 2. The maximum absolute atomic E-state index is 6.51. The molecule has 0 N–H and O–H groups in total. The van der Waals surface area contributed by atoms with Gasteiger partial charge in [-0.05, 0) is 46.1 Å². The molecule has 0 spiro atoms. The number of nitrogens with zero attached hydrogens (tertiary/aromatic N) is 1. The predicted molar refractivity (Wildman–Crippen MR) is 164 cm³/mol. The summed E-state index contributed by atoms with van der Waals surface area (Å²) in [5.74, 6) is 0. The van der Waals surface area contributed by atoms with Crippen LogP contribution in [0.2, 0.25) is 0 Å². The zero-order valence-electron chi connectivity index (χ0n) is 25.7. The van der Waals surface area contributed by atoms with E-state index in [1.54, 1.807) is 0 Å². The number of hydrogen-bond donors (Lipinski definition) is 0. The van der Waals surface area contributed by atoms with E-state index in [1.807, 2.05) is 6.07 Å². The lowest BCUT2D eigenvalue weighted by Crippen LogP contribution is -2.35. The van der Waals surface area contributed by atoms with E-state index in [2.05, 4.69) is 70.5 Å². The molecule has 38 heavy (non-hydrogen) atoms. The lowest BCUT2D eigenvalue weighted by Gasteiger charge is -2.36. The van der Waals surface area contributed by atoms with Crippen LogP contribution in [0.15, 0.2) is 30.3 Å². The average Bonchev–Trinajstić information content (AvgIpc) is 2.90. The monoisotopic (exact) mass is 553 g/mol. The quantitative estimate of drug-likeness (QED) is 0.0843. The van der Waals surface area contributed by atoms with Gasteiger partial charge in [-0.25, -0.2) is 4.67 Å². The lowest BCUT2D eigenvalue weighted by molar-refractivity contribution is -0.0414. The highest BCUT2D eigenvalue weighted by Gasteiger charge is 2.28. The summed E-state index contributed by atoms with van der Waals surface area (Å²) in [5, 5.41) is 0. The maximum Gasteiger partial charge on any atom is 0.259 e. The molecule has 1 unspecified atom stereocenters. The SMILES string of the molecule is CCCCCCCCOC[C@@H](COP(OCc1ccccc1)N(C(C)C)C(C)C)OCCCCCCCC. The van der Waals surface area contributed by atoms with Crippen LogP contribution in [0.1, 0.15) is 124 Å². The van der Waals surface area contributed by atoms with Crippen LogP contribution in [-0.4, -0.2) is 49.3 Å². The highest BCUT2D eigenvalue weighted by Crippen LogP contribution is 2.46. The Morgan fingerprint density at radius 3 is 1.79 bits per heavy atom. The molecular weight excluding hydrogens is 493 g/mol. The van der Waals surface area contributed by atoms with Gasteiger partial charge in [-0.3, -0.25) is 0 Å². The van der Waals surface area contributed by atoms with Crippen molar-refractivity contribution in [2.75, 3.05) is 26.4 Å². The van der Waals surface area contributed by atoms with E-state index in [9.17, 15) is 0 Å². The molecule has 0 fully saturated rings. The summed E-state index contributed by atoms with van der Waals surface area (Å²) in [6.07, 6.45) is 15.1. The first-order valence-electron chi connectivity index (χ1n) is 15.6. The summed E-state index contributed by atoms with van der Waals surface area (Å²) < 4.78 is 27.6. The van der Waals surface area contributed by atoms with Crippen molar-refractivity contribution in [1.82, 2.24) is 4.67 Å². The third kappa shape index (κ3) is 17.9. The van der Waals surface area contributed by atoms with Gasteiger partial charge in [0.25, 0.3) is 8.53 Å². The Bertz CT molecular complexity index is 623. The lowest BCUT2D eigenvalue weighted by atomic mass is 10.1. The molecule has 0 radical (unpaired) electrons. The second kappa shape index (κ2) is 24.3. The summed E-state index contributed by atoms with van der Waals surface area (Å²) >= 11 is 0. The highest BCUT2D eigenvalue weighted by atomic mass is 31.2. The van der Waals surface area contributed by atoms with Gasteiger partial charge in [0.2, 0.25) is 0 Å². The van der Waals surface area contributed by atoms with Crippen molar-refractivity contribution in [3.63, 3.8) is 0 Å². The second-order valence-corrected chi connectivity index (χ2v) is 12.4. The minimum atomic E-state index is -1.22. The summed E-state index contributed by atoms with van der Waals surface area (Å²) in [4.78, 5) is 0. The molecule has 0 bridgehead atoms. The zero-order valence-corrected chi connectivity index (χ0v) is 26.6. The van der Waals surface area contributed by atoms with Crippen LogP contribution < -0.4 is 0 Å². The number of hydrogen-bond acceptors (Lipinski definition) is 5. The molecule has 1 aromatic carbocycles. The molecular formula is C32H60NO4P. The number of unbranched alkanes of at least 4 members (excludes halogenated alkanes) is 10. The fraction of sp³-hybridized carbons (Fsp3) is 0.812. The van der Waals surface area contributed by atoms with Gasteiger partial charge >= 0.3 is 0 Å². The van der Waals surface area contributed by atoms with Crippen molar-refractivity contribution in [3.8, 4) is 0 Å². The Hall–Kier alpha value is -0.550. The van der Waals surface area contributed by atoms with E-state index >= 15 is 0 Å². The number of benzene rings is 1. The topological polar surface area (TPSA) is 40.2 Å². The summed E-state index contributed by atoms with van der Waals surface area (Å²) in [7, 11) is -1.22. The van der Waals surface area contributed by atoms with Gasteiger partial charge in [-0.2, -0.15) is 0 Å². The van der Waals surface area contributed by atoms with Gasteiger partial charge < -0.3 is 18.5 Å². The predicted octanol–water partition coefficient (Wildman–Crippen LogP) is 9.69. The van der Waals surface area contributed by atoms with Crippen molar-refractivity contribution in [2.24, 2.45) is 0 Å². The fourth-order valence-electron chi connectivity index (χ4n) is 4.47. The largest absolute Gasteiger partial charge is 0.379 e. The Morgan fingerprint density at radius 2 is 1.21 bits per heavy atom. The van der Waals surface area contributed by atoms with Crippen LogP contribution in [0.25, 0.3) is 0 Å². The van der Waals surface area contributed by atoms with Crippen LogP contribution in [0.3, 0.4) is 0 Å². The standard InChI is InChI=1S/C32H60NO4P/c1-7-9-11-13-15-20-24-34-27-32(35-25-21-16-14-12-10-8-2)28-37-38(33(29(3)4)30(5)6)36-26-31-22-18-17-19-23-31/h17-19,22-23,29-30,32H,7-16,20-21,24-28H2,1-6H3/t32-,38?/m0/s1. The molecule has 2 atom stereocenters. The molecule has 222 valence electrons. The number of rotatable bonds is 26. The molecule has 5 nitrogen and oxygen atoms in total. The normalized spacial score (nSPS) is 13.6. The molecule has 0 amide bonds. The van der Waals surface area contributed by atoms with Crippen molar-refractivity contribution >= 4 is 8.53 Å². The van der Waals surface area contributed by atoms with Gasteiger partial charge in [0, 0.05) is 25.3 Å². The van der Waals surface area contributed by atoms with Gasteiger partial charge in [0.1, 0.15) is 6.10 Å². The maximum atomic E-state index is 6.51. The van der Waals surface area contributed by atoms with Gasteiger partial charge in [0.05, 0.1) is 19.8 Å². The first-order chi connectivity index (χ1) is 18.5. The summed E-state index contributed by atoms with van der Waals surface area (Å²) in [6.45, 7) is 16.5. The first kappa shape index (κ1) is 35.5. The molecule has 0 aliphatic heterocycles. The molecule has 0 aromatic heterocycles. The molecule has 1 aromatic rings. The smallest absolute Gasteiger partial charge is 0.259 e. The Balaban J connectivity index is 2.64. The van der Waals surface area contributed by atoms with Crippen molar-refractivity contribution < 1.29 is 18.5 Å². The van der Waals surface area contributed by atoms with E-state index in [1.165, 1.54) is 64.2 Å². The van der Waals surface area contributed by atoms with Crippen LogP contribution in [0.4, 0.5) is 0 Å². The van der Waals surface area contributed by atoms with Gasteiger partial charge in [0.15, 0.2) is 0 Å². The van der Waals surface area contributed by atoms with E-state index in [0.29, 0.717) is 31.9 Å². The zero-order chi connectivity index (χ0) is 27.8. The Morgan fingerprint density at radius 1 is 0.658 bits per heavy atom. The van der Waals surface area contributed by atoms with Crippen LogP contribution in [0.5, 0.6) is 0 Å². The van der Waals surface area contributed by atoms with Crippen LogP contribution in [-0.2, 0) is 25.1 Å². The summed E-state index contributed by atoms with van der Waals surface area (Å²) in [5.41, 5.74) is 1.16. The Kier molecular flexibility index (Phi) is 22.7. The summed E-state index contributed by atoms with van der Waals surface area (Å²) in [6, 6.07) is 11.0.